The molecule has 9 heteroatoms. The van der Waals surface area contributed by atoms with Crippen LogP contribution in [0.25, 0.3) is 22.4 Å². The Kier molecular flexibility index (Phi) is 8.48. The molecule has 208 valence electrons. The molecule has 2 aliphatic heterocycles. The Hall–Kier alpha value is -4.13. The Morgan fingerprint density at radius 2 is 1.88 bits per heavy atom. The number of likely N-dealkylation sites (tertiary alicyclic amines) is 1. The molecule has 9 nitrogen and oxygen atoms in total. The number of nitrogen functional groups attached to an aromatic ring is 1. The van der Waals surface area contributed by atoms with Crippen LogP contribution >= 0.6 is 0 Å². The van der Waals surface area contributed by atoms with Crippen molar-refractivity contribution < 1.29 is 15.0 Å². The number of phenolic OH excluding ortho intramolecular Hbond substituents is 1. The quantitative estimate of drug-likeness (QED) is 0.331. The number of nitrogens with zero attached hydrogens (tertiary/aromatic N) is 4. The summed E-state index contributed by atoms with van der Waals surface area (Å²) in [5.41, 5.74) is 10.1. The molecule has 2 saturated heterocycles. The minimum absolute atomic E-state index is 0.0197. The number of nitrogens with one attached hydrogen (secondary N) is 1. The molecule has 40 heavy (non-hydrogen) atoms. The van der Waals surface area contributed by atoms with Gasteiger partial charge in [-0.15, -0.1) is 0 Å². The second-order valence-corrected chi connectivity index (χ2v) is 10.5. The number of nitrogens with two attached hydrogens (primary N) is 1. The Morgan fingerprint density at radius 1 is 1.07 bits per heavy atom. The zero-order valence-electron chi connectivity index (χ0n) is 22.6. The van der Waals surface area contributed by atoms with Gasteiger partial charge >= 0.3 is 0 Å². The van der Waals surface area contributed by atoms with E-state index in [9.17, 15) is 20.3 Å². The Balaban J connectivity index is 1.52. The van der Waals surface area contributed by atoms with Crippen LogP contribution in [0, 0.1) is 11.3 Å². The zero-order valence-corrected chi connectivity index (χ0v) is 22.6. The highest BCUT2D eigenvalue weighted by atomic mass is 16.3. The number of hydrogen-bond acceptors (Lipinski definition) is 8. The van der Waals surface area contributed by atoms with Crippen molar-refractivity contribution in [3.8, 4) is 34.2 Å². The lowest BCUT2D eigenvalue weighted by Crippen LogP contribution is -2.34. The third-order valence-corrected chi connectivity index (χ3v) is 7.92. The standard InChI is InChI=1S/C31H36N6O3/c32-19-25-24(18-26(35-31(25)33)23-8-2-3-9-29(23)39)21-10-11-28(37-15-6-7-22(37)20-38)27(17-21)34-30(40)12-16-36-13-4-1-5-14-36/h2-3,8-11,17-18,22,38-39H,1,4-7,12-16,20H2,(H2,33,35)(H,34,40)/t22-/m0/s1. The van der Waals surface area contributed by atoms with Gasteiger partial charge in [0.15, 0.2) is 0 Å². The van der Waals surface area contributed by atoms with Gasteiger partial charge in [-0.05, 0) is 74.7 Å². The number of aliphatic hydroxyl groups is 1. The van der Waals surface area contributed by atoms with E-state index in [-0.39, 0.29) is 35.7 Å². The summed E-state index contributed by atoms with van der Waals surface area (Å²) < 4.78 is 0. The van der Waals surface area contributed by atoms with Gasteiger partial charge in [-0.2, -0.15) is 5.26 Å². The molecule has 5 rings (SSSR count). The first kappa shape index (κ1) is 27.4. The lowest BCUT2D eigenvalue weighted by molar-refractivity contribution is -0.116. The monoisotopic (exact) mass is 540 g/mol. The van der Waals surface area contributed by atoms with Crippen LogP contribution in [0.3, 0.4) is 0 Å². The number of rotatable bonds is 8. The van der Waals surface area contributed by atoms with Crippen LogP contribution in [-0.2, 0) is 4.79 Å². The lowest BCUT2D eigenvalue weighted by atomic mass is 9.97. The van der Waals surface area contributed by atoms with Gasteiger partial charge in [0.1, 0.15) is 23.2 Å². The molecule has 0 radical (unpaired) electrons. The number of anilines is 3. The third kappa shape index (κ3) is 5.88. The Bertz CT molecular complexity index is 1410. The summed E-state index contributed by atoms with van der Waals surface area (Å²) in [4.78, 5) is 22.0. The van der Waals surface area contributed by atoms with Gasteiger partial charge in [-0.3, -0.25) is 4.79 Å². The van der Waals surface area contributed by atoms with Crippen LogP contribution in [0.1, 0.15) is 44.1 Å². The van der Waals surface area contributed by atoms with Crippen molar-refractivity contribution in [3.63, 3.8) is 0 Å². The van der Waals surface area contributed by atoms with E-state index >= 15 is 0 Å². The molecular formula is C31H36N6O3. The summed E-state index contributed by atoms with van der Waals surface area (Å²) in [7, 11) is 0. The zero-order chi connectivity index (χ0) is 28.1. The molecule has 2 aliphatic rings. The van der Waals surface area contributed by atoms with E-state index < -0.39 is 0 Å². The molecule has 0 bridgehead atoms. The highest BCUT2D eigenvalue weighted by Crippen LogP contribution is 2.39. The minimum Gasteiger partial charge on any atom is -0.507 e. The van der Waals surface area contributed by atoms with Crippen molar-refractivity contribution in [2.45, 2.75) is 44.6 Å². The van der Waals surface area contributed by atoms with Gasteiger partial charge in [-0.1, -0.05) is 24.6 Å². The molecule has 1 amide bonds. The molecule has 1 atom stereocenters. The first-order chi connectivity index (χ1) is 19.5. The molecule has 5 N–H and O–H groups in total. The Labute approximate surface area is 234 Å². The fourth-order valence-corrected chi connectivity index (χ4v) is 5.79. The molecule has 0 saturated carbocycles. The summed E-state index contributed by atoms with van der Waals surface area (Å²) in [6.45, 7) is 3.59. The van der Waals surface area contributed by atoms with Crippen LogP contribution in [0.2, 0.25) is 0 Å². The number of hydrogen-bond donors (Lipinski definition) is 4. The van der Waals surface area contributed by atoms with Crippen LogP contribution in [-0.4, -0.2) is 64.8 Å². The van der Waals surface area contributed by atoms with Gasteiger partial charge in [0, 0.05) is 30.6 Å². The van der Waals surface area contributed by atoms with Crippen LogP contribution in [0.5, 0.6) is 5.75 Å². The van der Waals surface area contributed by atoms with Crippen LogP contribution < -0.4 is 16.0 Å². The number of piperidine rings is 1. The summed E-state index contributed by atoms with van der Waals surface area (Å²) in [6, 6.07) is 16.4. The van der Waals surface area contributed by atoms with E-state index in [0.29, 0.717) is 41.0 Å². The Morgan fingerprint density at radius 3 is 2.62 bits per heavy atom. The van der Waals surface area contributed by atoms with Crippen LogP contribution in [0.4, 0.5) is 17.2 Å². The predicted molar refractivity (Wildman–Crippen MR) is 157 cm³/mol. The molecule has 2 fully saturated rings. The summed E-state index contributed by atoms with van der Waals surface area (Å²) in [5, 5.41) is 33.5. The number of aromatic hydroxyl groups is 1. The van der Waals surface area contributed by atoms with Crippen molar-refractivity contribution in [1.82, 2.24) is 9.88 Å². The summed E-state index contributed by atoms with van der Waals surface area (Å²) in [6.07, 6.45) is 5.81. The highest BCUT2D eigenvalue weighted by molar-refractivity contribution is 5.96. The fourth-order valence-electron chi connectivity index (χ4n) is 5.79. The number of nitriles is 1. The lowest BCUT2D eigenvalue weighted by Gasteiger charge is -2.29. The number of aliphatic hydroxyl groups excluding tert-OH is 1. The molecule has 0 spiro atoms. The molecule has 2 aromatic carbocycles. The van der Waals surface area contributed by atoms with E-state index in [0.717, 1.165) is 38.2 Å². The first-order valence-corrected chi connectivity index (χ1v) is 14.0. The average Bonchev–Trinajstić information content (AvgIpc) is 3.45. The average molecular weight is 541 g/mol. The number of para-hydroxylation sites is 1. The van der Waals surface area contributed by atoms with E-state index in [1.807, 2.05) is 18.2 Å². The van der Waals surface area contributed by atoms with Crippen LogP contribution in [0.15, 0.2) is 48.5 Å². The maximum Gasteiger partial charge on any atom is 0.225 e. The number of carbonyl (C=O) groups is 1. The number of carbonyl (C=O) groups excluding carboxylic acids is 1. The SMILES string of the molecule is N#Cc1c(-c2ccc(N3CCC[C@H]3CO)c(NC(=O)CCN3CCCCC3)c2)cc(-c2ccccc2O)nc1N. The highest BCUT2D eigenvalue weighted by Gasteiger charge is 2.27. The van der Waals surface area contributed by atoms with Gasteiger partial charge in [0.2, 0.25) is 5.91 Å². The molecule has 1 aromatic heterocycles. The topological polar surface area (TPSA) is 139 Å². The number of benzene rings is 2. The van der Waals surface area contributed by atoms with Crippen molar-refractivity contribution in [2.75, 3.05) is 48.7 Å². The predicted octanol–water partition coefficient (Wildman–Crippen LogP) is 4.35. The van der Waals surface area contributed by atoms with E-state index in [1.165, 1.54) is 19.3 Å². The number of aromatic nitrogens is 1. The maximum atomic E-state index is 13.2. The minimum atomic E-state index is -0.0756. The smallest absolute Gasteiger partial charge is 0.225 e. The van der Waals surface area contributed by atoms with Gasteiger partial charge < -0.3 is 31.1 Å². The fraction of sp³-hybridized carbons (Fsp3) is 0.387. The largest absolute Gasteiger partial charge is 0.507 e. The van der Waals surface area contributed by atoms with E-state index in [1.54, 1.807) is 30.3 Å². The van der Waals surface area contributed by atoms with Gasteiger partial charge in [0.05, 0.1) is 29.7 Å². The van der Waals surface area contributed by atoms with Crippen molar-refractivity contribution in [3.05, 3.63) is 54.1 Å². The number of pyridine rings is 1. The molecule has 0 unspecified atom stereocenters. The van der Waals surface area contributed by atoms with Crippen molar-refractivity contribution >= 4 is 23.1 Å². The molecule has 0 aliphatic carbocycles. The normalized spacial score (nSPS) is 17.5. The molecule has 3 heterocycles. The third-order valence-electron chi connectivity index (χ3n) is 7.92. The molecular weight excluding hydrogens is 504 g/mol. The van der Waals surface area contributed by atoms with Crippen molar-refractivity contribution in [1.29, 1.82) is 5.26 Å². The molecule has 3 aromatic rings. The van der Waals surface area contributed by atoms with Gasteiger partial charge in [-0.25, -0.2) is 4.98 Å². The van der Waals surface area contributed by atoms with E-state index in [4.69, 9.17) is 5.73 Å². The summed E-state index contributed by atoms with van der Waals surface area (Å²) >= 11 is 0. The number of phenols is 1. The van der Waals surface area contributed by atoms with E-state index in [2.05, 4.69) is 26.2 Å². The number of amides is 1. The second-order valence-electron chi connectivity index (χ2n) is 10.5. The summed E-state index contributed by atoms with van der Waals surface area (Å²) in [5.74, 6) is 0.0499. The second kappa shape index (κ2) is 12.4. The van der Waals surface area contributed by atoms with Crippen molar-refractivity contribution in [2.24, 2.45) is 0 Å². The van der Waals surface area contributed by atoms with Gasteiger partial charge in [0.25, 0.3) is 0 Å². The maximum absolute atomic E-state index is 13.2. The first-order valence-electron chi connectivity index (χ1n) is 14.0.